The number of rotatable bonds is 3. The molecule has 0 fully saturated rings. The van der Waals surface area contributed by atoms with E-state index >= 15 is 0 Å². The van der Waals surface area contributed by atoms with Crippen molar-refractivity contribution >= 4 is 33.8 Å². The summed E-state index contributed by atoms with van der Waals surface area (Å²) in [4.78, 5) is 4.07. The van der Waals surface area contributed by atoms with Crippen LogP contribution in [-0.4, -0.2) is 16.1 Å². The minimum atomic E-state index is 0.236. The molecule has 0 aromatic carbocycles. The number of thiocarbonyl (C=S) groups is 1. The molecule has 2 N–H and O–H groups in total. The fraction of sp³-hybridized carbons (Fsp3) is 0.333. The van der Waals surface area contributed by atoms with Gasteiger partial charge in [0, 0.05) is 17.6 Å². The Morgan fingerprint density at radius 3 is 3.07 bits per heavy atom. The molecule has 1 rings (SSSR count). The summed E-state index contributed by atoms with van der Waals surface area (Å²) in [5.41, 5.74) is 0. The Hall–Kier alpha value is -0.940. The highest BCUT2D eigenvalue weighted by Gasteiger charge is 2.01. The minimum absolute atomic E-state index is 0.236. The van der Waals surface area contributed by atoms with Crippen molar-refractivity contribution in [2.45, 2.75) is 19.9 Å². The minimum Gasteiger partial charge on any atom is -0.356 e. The van der Waals surface area contributed by atoms with Gasteiger partial charge in [-0.2, -0.15) is 0 Å². The molecule has 1 aromatic heterocycles. The number of allylic oxidation sites excluding steroid dienone is 1. The van der Waals surface area contributed by atoms with Crippen molar-refractivity contribution in [1.82, 2.24) is 10.3 Å². The van der Waals surface area contributed by atoms with Crippen LogP contribution < -0.4 is 10.6 Å². The van der Waals surface area contributed by atoms with E-state index in [0.717, 1.165) is 5.13 Å². The fourth-order valence-corrected chi connectivity index (χ4v) is 1.84. The van der Waals surface area contributed by atoms with Crippen molar-refractivity contribution in [1.29, 1.82) is 0 Å². The number of anilines is 1. The van der Waals surface area contributed by atoms with Crippen molar-refractivity contribution in [3.63, 3.8) is 0 Å². The first kappa shape index (κ1) is 11.1. The van der Waals surface area contributed by atoms with Crippen molar-refractivity contribution < 1.29 is 0 Å². The van der Waals surface area contributed by atoms with Crippen molar-refractivity contribution in [2.75, 3.05) is 5.32 Å². The maximum absolute atomic E-state index is 5.10. The predicted molar refractivity (Wildman–Crippen MR) is 65.7 cm³/mol. The fourth-order valence-electron chi connectivity index (χ4n) is 0.962. The number of nitrogens with one attached hydrogen (secondary N) is 2. The van der Waals surface area contributed by atoms with E-state index in [0.29, 0.717) is 5.11 Å². The molecule has 0 aliphatic heterocycles. The molecule has 5 heteroatoms. The highest BCUT2D eigenvalue weighted by atomic mass is 32.1. The topological polar surface area (TPSA) is 37.0 Å². The Bertz CT molecular complexity index is 306. The van der Waals surface area contributed by atoms with Crippen LogP contribution in [0.1, 0.15) is 13.8 Å². The smallest absolute Gasteiger partial charge is 0.188 e. The normalized spacial score (nSPS) is 12.7. The van der Waals surface area contributed by atoms with E-state index in [1.807, 2.05) is 31.4 Å². The van der Waals surface area contributed by atoms with Crippen LogP contribution in [0.3, 0.4) is 0 Å². The summed E-state index contributed by atoms with van der Waals surface area (Å²) in [6, 6.07) is 0.236. The van der Waals surface area contributed by atoms with Crippen molar-refractivity contribution in [3.05, 3.63) is 23.7 Å². The molecule has 0 amide bonds. The Kier molecular flexibility index (Phi) is 4.55. The summed E-state index contributed by atoms with van der Waals surface area (Å²) in [5.74, 6) is 0. The number of aromatic nitrogens is 1. The standard InChI is InChI=1S/C9H13N3S2/c1-3-4-7(2)11-8(13)12-9-10-5-6-14-9/h3-7H,1-2H3,(H2,10,11,12,13)/b4-3+. The van der Waals surface area contributed by atoms with Crippen molar-refractivity contribution in [2.24, 2.45) is 0 Å². The first-order chi connectivity index (χ1) is 6.72. The Morgan fingerprint density at radius 1 is 1.71 bits per heavy atom. The predicted octanol–water partition coefficient (Wildman–Crippen LogP) is 2.39. The van der Waals surface area contributed by atoms with Crippen molar-refractivity contribution in [3.8, 4) is 0 Å². The summed E-state index contributed by atoms with van der Waals surface area (Å²) >= 11 is 6.63. The Morgan fingerprint density at radius 2 is 2.50 bits per heavy atom. The summed E-state index contributed by atoms with van der Waals surface area (Å²) < 4.78 is 0. The lowest BCUT2D eigenvalue weighted by atomic mass is 10.3. The third-order valence-corrected chi connectivity index (χ3v) is 2.40. The lowest BCUT2D eigenvalue weighted by molar-refractivity contribution is 0.812. The van der Waals surface area contributed by atoms with Gasteiger partial charge in [-0.25, -0.2) is 4.98 Å². The molecule has 14 heavy (non-hydrogen) atoms. The zero-order chi connectivity index (χ0) is 10.4. The van der Waals surface area contributed by atoms with E-state index in [2.05, 4.69) is 15.6 Å². The molecule has 3 nitrogen and oxygen atoms in total. The molecule has 1 unspecified atom stereocenters. The maximum Gasteiger partial charge on any atom is 0.188 e. The molecular formula is C9H13N3S2. The van der Waals surface area contributed by atoms with Crippen LogP contribution in [0.15, 0.2) is 23.7 Å². The molecule has 0 aliphatic rings. The van der Waals surface area contributed by atoms with Crippen LogP contribution in [0.4, 0.5) is 5.13 Å². The van der Waals surface area contributed by atoms with Gasteiger partial charge in [-0.3, -0.25) is 0 Å². The molecule has 0 spiro atoms. The molecule has 1 heterocycles. The lowest BCUT2D eigenvalue weighted by Gasteiger charge is -2.11. The van der Waals surface area contributed by atoms with E-state index < -0.39 is 0 Å². The number of hydrogen-bond acceptors (Lipinski definition) is 3. The molecule has 0 saturated carbocycles. The van der Waals surface area contributed by atoms with Gasteiger partial charge in [-0.15, -0.1) is 11.3 Å². The molecule has 0 saturated heterocycles. The zero-order valence-corrected chi connectivity index (χ0v) is 9.78. The third kappa shape index (κ3) is 3.85. The SMILES string of the molecule is C/C=C/C(C)NC(=S)Nc1nccs1. The lowest BCUT2D eigenvalue weighted by Crippen LogP contribution is -2.34. The largest absolute Gasteiger partial charge is 0.356 e. The van der Waals surface area contributed by atoms with Gasteiger partial charge in [0.15, 0.2) is 10.2 Å². The van der Waals surface area contributed by atoms with Gasteiger partial charge in [0.2, 0.25) is 0 Å². The number of nitrogens with zero attached hydrogens (tertiary/aromatic N) is 1. The average molecular weight is 227 g/mol. The third-order valence-electron chi connectivity index (χ3n) is 1.49. The molecule has 1 atom stereocenters. The first-order valence-corrected chi connectivity index (χ1v) is 5.61. The second-order valence-electron chi connectivity index (χ2n) is 2.75. The van der Waals surface area contributed by atoms with E-state index in [4.69, 9.17) is 12.2 Å². The van der Waals surface area contributed by atoms with Crippen LogP contribution in [0, 0.1) is 0 Å². The molecule has 0 radical (unpaired) electrons. The highest BCUT2D eigenvalue weighted by Crippen LogP contribution is 2.09. The van der Waals surface area contributed by atoms with Crippen LogP contribution in [0.2, 0.25) is 0 Å². The quantitative estimate of drug-likeness (QED) is 0.614. The highest BCUT2D eigenvalue weighted by molar-refractivity contribution is 7.80. The molecule has 0 aliphatic carbocycles. The van der Waals surface area contributed by atoms with Gasteiger partial charge < -0.3 is 10.6 Å². The van der Waals surface area contributed by atoms with Gasteiger partial charge in [-0.1, -0.05) is 12.2 Å². The van der Waals surface area contributed by atoms with Crippen LogP contribution in [0.25, 0.3) is 0 Å². The van der Waals surface area contributed by atoms with Gasteiger partial charge in [0.25, 0.3) is 0 Å². The number of thiazole rings is 1. The second kappa shape index (κ2) is 5.72. The number of hydrogen-bond donors (Lipinski definition) is 2. The molecule has 0 bridgehead atoms. The molecule has 76 valence electrons. The molecule has 1 aromatic rings. The first-order valence-electron chi connectivity index (χ1n) is 4.32. The second-order valence-corrected chi connectivity index (χ2v) is 4.05. The van der Waals surface area contributed by atoms with E-state index in [9.17, 15) is 0 Å². The summed E-state index contributed by atoms with van der Waals surface area (Å²) in [5, 5.41) is 9.44. The zero-order valence-electron chi connectivity index (χ0n) is 8.15. The van der Waals surface area contributed by atoms with Crippen LogP contribution >= 0.6 is 23.6 Å². The monoisotopic (exact) mass is 227 g/mol. The van der Waals surface area contributed by atoms with Gasteiger partial charge in [0.1, 0.15) is 0 Å². The Labute approximate surface area is 93.2 Å². The van der Waals surface area contributed by atoms with E-state index in [1.54, 1.807) is 6.20 Å². The van der Waals surface area contributed by atoms with Gasteiger partial charge in [0.05, 0.1) is 0 Å². The summed E-state index contributed by atoms with van der Waals surface area (Å²) in [7, 11) is 0. The van der Waals surface area contributed by atoms with Gasteiger partial charge in [-0.05, 0) is 26.1 Å². The maximum atomic E-state index is 5.10. The summed E-state index contributed by atoms with van der Waals surface area (Å²) in [6.07, 6.45) is 5.77. The van der Waals surface area contributed by atoms with Crippen LogP contribution in [0.5, 0.6) is 0 Å². The van der Waals surface area contributed by atoms with Gasteiger partial charge >= 0.3 is 0 Å². The molecular weight excluding hydrogens is 214 g/mol. The average Bonchev–Trinajstić information content (AvgIpc) is 2.56. The van der Waals surface area contributed by atoms with Crippen LogP contribution in [-0.2, 0) is 0 Å². The van der Waals surface area contributed by atoms with E-state index in [1.165, 1.54) is 11.3 Å². The summed E-state index contributed by atoms with van der Waals surface area (Å²) in [6.45, 7) is 4.02. The Balaban J connectivity index is 2.36. The van der Waals surface area contributed by atoms with E-state index in [-0.39, 0.29) is 6.04 Å².